The molecule has 1 saturated carbocycles. The maximum absolute atomic E-state index is 12.8. The standard InChI is InChI=1S/C19H22N2O5/c1-12-4-6-19(7-5-12)17(23)21(18(24)20-19)11-14(22)13-2-3-15-16(10-13)26-9-8-25-15/h2-3,10,12H,4-9,11H2,1H3,(H,20,24). The van der Waals surface area contributed by atoms with Gasteiger partial charge in [0.1, 0.15) is 18.8 Å². The molecule has 2 heterocycles. The van der Waals surface area contributed by atoms with Crippen molar-refractivity contribution in [2.24, 2.45) is 5.92 Å². The van der Waals surface area contributed by atoms with Crippen LogP contribution in [0.3, 0.4) is 0 Å². The van der Waals surface area contributed by atoms with Gasteiger partial charge in [-0.15, -0.1) is 0 Å². The molecule has 1 N–H and O–H groups in total. The number of Topliss-reactive ketones (excluding diaryl/α,β-unsaturated/α-hetero) is 1. The smallest absolute Gasteiger partial charge is 0.325 e. The molecular weight excluding hydrogens is 336 g/mol. The van der Waals surface area contributed by atoms with Gasteiger partial charge in [-0.1, -0.05) is 6.92 Å². The number of hydrogen-bond donors (Lipinski definition) is 1. The molecule has 1 aromatic rings. The molecule has 1 aliphatic carbocycles. The zero-order valence-corrected chi connectivity index (χ0v) is 14.7. The molecule has 7 heteroatoms. The van der Waals surface area contributed by atoms with Crippen LogP contribution in [-0.4, -0.2) is 47.9 Å². The highest BCUT2D eigenvalue weighted by Crippen LogP contribution is 2.36. The van der Waals surface area contributed by atoms with Crippen molar-refractivity contribution < 1.29 is 23.9 Å². The molecule has 2 fully saturated rings. The van der Waals surface area contributed by atoms with Crippen LogP contribution in [0.5, 0.6) is 11.5 Å². The number of urea groups is 1. The Kier molecular flexibility index (Phi) is 4.09. The number of imide groups is 1. The lowest BCUT2D eigenvalue weighted by atomic mass is 9.77. The lowest BCUT2D eigenvalue weighted by Crippen LogP contribution is -2.49. The van der Waals surface area contributed by atoms with Gasteiger partial charge in [0.2, 0.25) is 0 Å². The first-order valence-electron chi connectivity index (χ1n) is 9.05. The number of nitrogens with one attached hydrogen (secondary N) is 1. The maximum Gasteiger partial charge on any atom is 0.325 e. The summed E-state index contributed by atoms with van der Waals surface area (Å²) in [6, 6.07) is 4.44. The largest absolute Gasteiger partial charge is 0.486 e. The summed E-state index contributed by atoms with van der Waals surface area (Å²) in [6.07, 6.45) is 3.06. The summed E-state index contributed by atoms with van der Waals surface area (Å²) in [5.41, 5.74) is -0.426. The van der Waals surface area contributed by atoms with Gasteiger partial charge in [0, 0.05) is 5.56 Å². The molecule has 0 atom stereocenters. The fraction of sp³-hybridized carbons (Fsp3) is 0.526. The third kappa shape index (κ3) is 2.81. The Bertz CT molecular complexity index is 767. The highest BCUT2D eigenvalue weighted by atomic mass is 16.6. The quantitative estimate of drug-likeness (QED) is 0.661. The van der Waals surface area contributed by atoms with Crippen LogP contribution < -0.4 is 14.8 Å². The lowest BCUT2D eigenvalue weighted by Gasteiger charge is -2.33. The first kappa shape index (κ1) is 16.9. The lowest BCUT2D eigenvalue weighted by molar-refractivity contribution is -0.132. The number of ether oxygens (including phenoxy) is 2. The molecule has 2 aliphatic heterocycles. The van der Waals surface area contributed by atoms with Gasteiger partial charge in [0.05, 0.1) is 6.54 Å². The van der Waals surface area contributed by atoms with Gasteiger partial charge in [-0.25, -0.2) is 4.79 Å². The van der Waals surface area contributed by atoms with Gasteiger partial charge < -0.3 is 14.8 Å². The Hall–Kier alpha value is -2.57. The van der Waals surface area contributed by atoms with E-state index >= 15 is 0 Å². The van der Waals surface area contributed by atoms with Crippen molar-refractivity contribution in [2.75, 3.05) is 19.8 Å². The molecule has 1 spiro atoms. The van der Waals surface area contributed by atoms with Crippen LogP contribution in [-0.2, 0) is 4.79 Å². The molecular formula is C19H22N2O5. The van der Waals surface area contributed by atoms with Gasteiger partial charge >= 0.3 is 6.03 Å². The second kappa shape index (κ2) is 6.30. The minimum Gasteiger partial charge on any atom is -0.486 e. The molecule has 0 bridgehead atoms. The number of carbonyl (C=O) groups excluding carboxylic acids is 3. The van der Waals surface area contributed by atoms with Crippen LogP contribution in [0.1, 0.15) is 43.0 Å². The van der Waals surface area contributed by atoms with Gasteiger partial charge in [-0.2, -0.15) is 0 Å². The zero-order valence-electron chi connectivity index (χ0n) is 14.7. The fourth-order valence-electron chi connectivity index (χ4n) is 3.87. The molecule has 7 nitrogen and oxygen atoms in total. The second-order valence-electron chi connectivity index (χ2n) is 7.37. The average molecular weight is 358 g/mol. The fourth-order valence-corrected chi connectivity index (χ4v) is 3.87. The number of carbonyl (C=O) groups is 3. The minimum atomic E-state index is -0.823. The van der Waals surface area contributed by atoms with E-state index in [-0.39, 0.29) is 18.2 Å². The first-order valence-corrected chi connectivity index (χ1v) is 9.05. The first-order chi connectivity index (χ1) is 12.5. The number of rotatable bonds is 3. The monoisotopic (exact) mass is 358 g/mol. The Balaban J connectivity index is 1.49. The van der Waals surface area contributed by atoms with Crippen molar-refractivity contribution in [3.05, 3.63) is 23.8 Å². The SMILES string of the molecule is CC1CCC2(CC1)NC(=O)N(CC(=O)c1ccc3c(c1)OCCO3)C2=O. The van der Waals surface area contributed by atoms with E-state index in [1.54, 1.807) is 18.2 Å². The van der Waals surface area contributed by atoms with Crippen molar-refractivity contribution in [3.8, 4) is 11.5 Å². The van der Waals surface area contributed by atoms with Crippen LogP contribution in [0, 0.1) is 5.92 Å². The van der Waals surface area contributed by atoms with Crippen LogP contribution in [0.4, 0.5) is 4.79 Å². The third-order valence-electron chi connectivity index (χ3n) is 5.54. The van der Waals surface area contributed by atoms with Crippen LogP contribution in [0.2, 0.25) is 0 Å². The Morgan fingerprint density at radius 3 is 2.62 bits per heavy atom. The van der Waals surface area contributed by atoms with E-state index in [9.17, 15) is 14.4 Å². The number of nitrogens with zero attached hydrogens (tertiary/aromatic N) is 1. The normalized spacial score (nSPS) is 27.6. The summed E-state index contributed by atoms with van der Waals surface area (Å²) < 4.78 is 10.9. The highest BCUT2D eigenvalue weighted by molar-refractivity contribution is 6.11. The number of amides is 3. The molecule has 1 aromatic carbocycles. The molecule has 0 unspecified atom stereocenters. The predicted octanol–water partition coefficient (Wildman–Crippen LogP) is 2.14. The summed E-state index contributed by atoms with van der Waals surface area (Å²) in [4.78, 5) is 38.9. The summed E-state index contributed by atoms with van der Waals surface area (Å²) >= 11 is 0. The average Bonchev–Trinajstić information content (AvgIpc) is 2.88. The van der Waals surface area contributed by atoms with Gasteiger partial charge in [0.15, 0.2) is 17.3 Å². The van der Waals surface area contributed by atoms with Gasteiger partial charge in [0.25, 0.3) is 5.91 Å². The van der Waals surface area contributed by atoms with Crippen molar-refractivity contribution in [1.82, 2.24) is 10.2 Å². The van der Waals surface area contributed by atoms with E-state index < -0.39 is 11.6 Å². The minimum absolute atomic E-state index is 0.262. The van der Waals surface area contributed by atoms with Crippen molar-refractivity contribution >= 4 is 17.7 Å². The van der Waals surface area contributed by atoms with Crippen molar-refractivity contribution in [3.63, 3.8) is 0 Å². The van der Waals surface area contributed by atoms with E-state index in [4.69, 9.17) is 9.47 Å². The van der Waals surface area contributed by atoms with E-state index in [0.29, 0.717) is 49.0 Å². The number of hydrogen-bond acceptors (Lipinski definition) is 5. The van der Waals surface area contributed by atoms with Crippen LogP contribution in [0.15, 0.2) is 18.2 Å². The molecule has 0 radical (unpaired) electrons. The molecule has 4 rings (SSSR count). The molecule has 26 heavy (non-hydrogen) atoms. The molecule has 0 aromatic heterocycles. The Morgan fingerprint density at radius 1 is 1.19 bits per heavy atom. The second-order valence-corrected chi connectivity index (χ2v) is 7.37. The van der Waals surface area contributed by atoms with E-state index in [1.807, 2.05) is 0 Å². The molecule has 1 saturated heterocycles. The molecule has 138 valence electrons. The highest BCUT2D eigenvalue weighted by Gasteiger charge is 2.52. The molecule has 3 amide bonds. The van der Waals surface area contributed by atoms with Crippen LogP contribution >= 0.6 is 0 Å². The topological polar surface area (TPSA) is 84.9 Å². The summed E-state index contributed by atoms with van der Waals surface area (Å²) in [6.45, 7) is 2.79. The van der Waals surface area contributed by atoms with Crippen LogP contribution in [0.25, 0.3) is 0 Å². The Morgan fingerprint density at radius 2 is 1.88 bits per heavy atom. The number of ketones is 1. The van der Waals surface area contributed by atoms with E-state index in [0.717, 1.165) is 17.7 Å². The Labute approximate surface area is 151 Å². The summed E-state index contributed by atoms with van der Waals surface area (Å²) in [5.74, 6) is 1.08. The number of benzene rings is 1. The van der Waals surface area contributed by atoms with Gasteiger partial charge in [-0.3, -0.25) is 14.5 Å². The molecule has 3 aliphatic rings. The summed E-state index contributed by atoms with van der Waals surface area (Å²) in [7, 11) is 0. The van der Waals surface area contributed by atoms with Gasteiger partial charge in [-0.05, 0) is 49.8 Å². The van der Waals surface area contributed by atoms with E-state index in [2.05, 4.69) is 12.2 Å². The zero-order chi connectivity index (χ0) is 18.3. The maximum atomic E-state index is 12.8. The third-order valence-corrected chi connectivity index (χ3v) is 5.54. The van der Waals surface area contributed by atoms with E-state index in [1.165, 1.54) is 0 Å². The van der Waals surface area contributed by atoms with Crippen molar-refractivity contribution in [2.45, 2.75) is 38.1 Å². The number of fused-ring (bicyclic) bond motifs is 1. The predicted molar refractivity (Wildman–Crippen MR) is 92.4 cm³/mol. The summed E-state index contributed by atoms with van der Waals surface area (Å²) in [5, 5.41) is 2.84. The van der Waals surface area contributed by atoms with Crippen molar-refractivity contribution in [1.29, 1.82) is 0 Å².